The van der Waals surface area contributed by atoms with Crippen LogP contribution in [0, 0.1) is 0 Å². The van der Waals surface area contributed by atoms with Crippen LogP contribution < -0.4 is 5.73 Å². The molecule has 0 saturated carbocycles. The van der Waals surface area contributed by atoms with Crippen LogP contribution in [0.25, 0.3) is 10.3 Å². The van der Waals surface area contributed by atoms with Crippen molar-refractivity contribution in [3.8, 4) is 0 Å². The van der Waals surface area contributed by atoms with Crippen LogP contribution in [0.15, 0.2) is 35.6 Å². The first kappa shape index (κ1) is 16.6. The van der Waals surface area contributed by atoms with Crippen LogP contribution in [0.3, 0.4) is 0 Å². The van der Waals surface area contributed by atoms with Crippen molar-refractivity contribution in [2.24, 2.45) is 12.1 Å². The Morgan fingerprint density at radius 3 is 3.00 bits per heavy atom. The second kappa shape index (κ2) is 6.27. The van der Waals surface area contributed by atoms with Gasteiger partial charge in [-0.15, -0.1) is 11.3 Å². The van der Waals surface area contributed by atoms with Gasteiger partial charge in [0.15, 0.2) is 10.7 Å². The Kier molecular flexibility index (Phi) is 3.72. The van der Waals surface area contributed by atoms with Gasteiger partial charge in [-0.25, -0.2) is 9.97 Å². The van der Waals surface area contributed by atoms with Crippen molar-refractivity contribution in [3.05, 3.63) is 58.1 Å². The smallest absolute Gasteiger partial charge is 0.241 e. The number of carbonyl (C=O) groups is 1. The van der Waals surface area contributed by atoms with Gasteiger partial charge in [-0.3, -0.25) is 14.9 Å². The van der Waals surface area contributed by atoms with E-state index in [0.717, 1.165) is 27.3 Å². The number of ketones is 1. The number of thiazole rings is 1. The second-order valence-electron chi connectivity index (χ2n) is 6.50. The van der Waals surface area contributed by atoms with Crippen LogP contribution >= 0.6 is 11.3 Å². The van der Waals surface area contributed by atoms with Gasteiger partial charge in [0.25, 0.3) is 0 Å². The number of aromatic amines is 1. The Morgan fingerprint density at radius 1 is 1.32 bits per heavy atom. The summed E-state index contributed by atoms with van der Waals surface area (Å²) in [6.45, 7) is 1.20. The summed E-state index contributed by atoms with van der Waals surface area (Å²) in [7, 11) is 1.96. The number of pyridine rings is 1. The van der Waals surface area contributed by atoms with E-state index in [4.69, 9.17) is 5.73 Å². The van der Waals surface area contributed by atoms with E-state index in [1.807, 2.05) is 35.0 Å². The molecule has 9 nitrogen and oxygen atoms in total. The Hall–Kier alpha value is -3.53. The molecule has 4 aromatic heterocycles. The third-order valence-electron chi connectivity index (χ3n) is 4.67. The fourth-order valence-corrected chi connectivity index (χ4v) is 4.37. The number of hydrogen-bond donors (Lipinski definition) is 2. The molecule has 0 atom stereocenters. The lowest BCUT2D eigenvalue weighted by atomic mass is 10.2. The fourth-order valence-electron chi connectivity index (χ4n) is 3.30. The number of rotatable bonds is 4. The number of H-pyrrole nitrogens is 1. The summed E-state index contributed by atoms with van der Waals surface area (Å²) in [5.41, 5.74) is 9.88. The predicted molar refractivity (Wildman–Crippen MR) is 106 cm³/mol. The minimum atomic E-state index is -0.182. The summed E-state index contributed by atoms with van der Waals surface area (Å²) < 4.78 is 2.98. The Morgan fingerprint density at radius 2 is 2.21 bits per heavy atom. The minimum absolute atomic E-state index is 0.182. The molecule has 0 bridgehead atoms. The van der Waals surface area contributed by atoms with E-state index < -0.39 is 0 Å². The zero-order valence-corrected chi connectivity index (χ0v) is 15.8. The van der Waals surface area contributed by atoms with Gasteiger partial charge in [-0.05, 0) is 18.2 Å². The van der Waals surface area contributed by atoms with Crippen LogP contribution in [0.2, 0.25) is 0 Å². The summed E-state index contributed by atoms with van der Waals surface area (Å²) in [6.07, 6.45) is 3.45. The van der Waals surface area contributed by atoms with Crippen LogP contribution in [-0.4, -0.2) is 41.7 Å². The number of nitrogens with one attached hydrogen (secondary N) is 1. The quantitative estimate of drug-likeness (QED) is 0.512. The van der Waals surface area contributed by atoms with E-state index >= 15 is 0 Å². The third kappa shape index (κ3) is 2.65. The van der Waals surface area contributed by atoms with Crippen molar-refractivity contribution in [2.75, 3.05) is 5.73 Å². The number of carbonyl (C=O) groups excluding carboxylic acids is 1. The molecule has 28 heavy (non-hydrogen) atoms. The molecule has 4 aromatic rings. The molecule has 0 spiro atoms. The van der Waals surface area contributed by atoms with Gasteiger partial charge in [0.2, 0.25) is 5.78 Å². The number of nitrogens with two attached hydrogens (primary N) is 1. The zero-order chi connectivity index (χ0) is 19.3. The van der Waals surface area contributed by atoms with Crippen molar-refractivity contribution in [1.29, 1.82) is 0 Å². The Labute approximate surface area is 163 Å². The summed E-state index contributed by atoms with van der Waals surface area (Å²) in [5, 5.41) is 13.5. The SMILES string of the molecule is Cn1c2c(c3sc(C(=O)c4cc[nH]n4)nc31)C=NN(Cc1cccc(N)n1)C2. The summed E-state index contributed by atoms with van der Waals surface area (Å²) in [4.78, 5) is 21.4. The van der Waals surface area contributed by atoms with Gasteiger partial charge >= 0.3 is 0 Å². The molecular formula is C18H16N8OS. The van der Waals surface area contributed by atoms with Crippen LogP contribution in [0.1, 0.15) is 32.4 Å². The highest BCUT2D eigenvalue weighted by molar-refractivity contribution is 7.20. The monoisotopic (exact) mass is 392 g/mol. The minimum Gasteiger partial charge on any atom is -0.384 e. The van der Waals surface area contributed by atoms with E-state index in [-0.39, 0.29) is 5.78 Å². The molecule has 3 N–H and O–H groups in total. The first-order valence-corrected chi connectivity index (χ1v) is 9.44. The average Bonchev–Trinajstić information content (AvgIpc) is 3.41. The normalized spacial score (nSPS) is 13.2. The van der Waals surface area contributed by atoms with Gasteiger partial charge < -0.3 is 10.3 Å². The maximum atomic E-state index is 12.5. The maximum absolute atomic E-state index is 12.5. The molecule has 0 fully saturated rings. The molecule has 0 amide bonds. The maximum Gasteiger partial charge on any atom is 0.241 e. The molecule has 0 aliphatic carbocycles. The predicted octanol–water partition coefficient (Wildman–Crippen LogP) is 1.92. The van der Waals surface area contributed by atoms with E-state index in [1.165, 1.54) is 11.3 Å². The number of aromatic nitrogens is 5. The van der Waals surface area contributed by atoms with Crippen LogP contribution in [0.4, 0.5) is 5.82 Å². The summed E-state index contributed by atoms with van der Waals surface area (Å²) in [6, 6.07) is 7.23. The average molecular weight is 392 g/mol. The van der Waals surface area contributed by atoms with Crippen LogP contribution in [-0.2, 0) is 20.1 Å². The van der Waals surface area contributed by atoms with Gasteiger partial charge in [-0.2, -0.15) is 10.2 Å². The number of fused-ring (bicyclic) bond motifs is 3. The van der Waals surface area contributed by atoms with Crippen LogP contribution in [0.5, 0.6) is 0 Å². The van der Waals surface area contributed by atoms with Gasteiger partial charge in [0.05, 0.1) is 35.4 Å². The fraction of sp³-hybridized carbons (Fsp3) is 0.167. The molecule has 140 valence electrons. The van der Waals surface area contributed by atoms with E-state index in [9.17, 15) is 4.79 Å². The van der Waals surface area contributed by atoms with E-state index in [1.54, 1.807) is 18.3 Å². The highest BCUT2D eigenvalue weighted by Gasteiger charge is 2.25. The van der Waals surface area contributed by atoms with Crippen molar-refractivity contribution < 1.29 is 4.79 Å². The number of hydrazone groups is 1. The molecule has 1 aliphatic rings. The molecule has 0 unspecified atom stereocenters. The largest absolute Gasteiger partial charge is 0.384 e. The van der Waals surface area contributed by atoms with E-state index in [0.29, 0.717) is 29.6 Å². The molecule has 5 heterocycles. The van der Waals surface area contributed by atoms with Crippen molar-refractivity contribution in [3.63, 3.8) is 0 Å². The summed E-state index contributed by atoms with van der Waals surface area (Å²) >= 11 is 1.37. The Bertz CT molecular complexity index is 1220. The van der Waals surface area contributed by atoms with Crippen molar-refractivity contribution in [1.82, 2.24) is 29.7 Å². The molecule has 0 aromatic carbocycles. The molecule has 5 rings (SSSR count). The number of hydrogen-bond acceptors (Lipinski definition) is 8. The van der Waals surface area contributed by atoms with Gasteiger partial charge in [0.1, 0.15) is 11.5 Å². The van der Waals surface area contributed by atoms with Crippen molar-refractivity contribution >= 4 is 39.5 Å². The standard InChI is InChI=1S/C18H16N8OS/c1-25-13-9-26(8-10-3-2-4-14(19)22-10)21-7-11(13)16-17(25)23-18(28-16)15(27)12-5-6-20-24-12/h2-7H,8-9H2,1H3,(H2,19,22)(H,20,24). The number of nitrogen functional groups attached to an aromatic ring is 1. The lowest BCUT2D eigenvalue weighted by Gasteiger charge is -2.23. The highest BCUT2D eigenvalue weighted by Crippen LogP contribution is 2.33. The molecule has 0 saturated heterocycles. The zero-order valence-electron chi connectivity index (χ0n) is 15.0. The molecular weight excluding hydrogens is 376 g/mol. The first-order chi connectivity index (χ1) is 13.6. The molecule has 10 heteroatoms. The lowest BCUT2D eigenvalue weighted by molar-refractivity contribution is 0.103. The molecule has 0 radical (unpaired) electrons. The van der Waals surface area contributed by atoms with Gasteiger partial charge in [-0.1, -0.05) is 6.07 Å². The lowest BCUT2D eigenvalue weighted by Crippen LogP contribution is -2.23. The van der Waals surface area contributed by atoms with E-state index in [2.05, 4.69) is 25.3 Å². The van der Waals surface area contributed by atoms with Gasteiger partial charge in [0, 0.05) is 18.8 Å². The summed E-state index contributed by atoms with van der Waals surface area (Å²) in [5.74, 6) is 0.315. The first-order valence-electron chi connectivity index (χ1n) is 8.63. The third-order valence-corrected chi connectivity index (χ3v) is 5.75. The second-order valence-corrected chi connectivity index (χ2v) is 7.50. The number of nitrogens with zero attached hydrogens (tertiary/aromatic N) is 6. The Balaban J connectivity index is 1.46. The number of anilines is 1. The molecule has 1 aliphatic heterocycles. The number of aryl methyl sites for hydroxylation is 1. The van der Waals surface area contributed by atoms with Crippen molar-refractivity contribution in [2.45, 2.75) is 13.1 Å². The topological polar surface area (TPSA) is 118 Å². The highest BCUT2D eigenvalue weighted by atomic mass is 32.1.